The molecule has 0 aliphatic rings. The first-order valence-corrected chi connectivity index (χ1v) is 11.1. The largest absolute Gasteiger partial charge is 0.430 e. The molecule has 0 saturated heterocycles. The van der Waals surface area contributed by atoms with Crippen LogP contribution in [0.15, 0.2) is 29.4 Å². The SMILES string of the molecule is CCN(C)CCc1cc(C)c(OC(=S)/N=C(\N)c2cc(C)c(C(C)(C)C)cn2)cc1C. The van der Waals surface area contributed by atoms with Gasteiger partial charge < -0.3 is 15.4 Å². The van der Waals surface area contributed by atoms with Crippen molar-refractivity contribution in [2.24, 2.45) is 10.7 Å². The Morgan fingerprint density at radius 1 is 1.13 bits per heavy atom. The predicted molar refractivity (Wildman–Crippen MR) is 134 cm³/mol. The van der Waals surface area contributed by atoms with Gasteiger partial charge in [-0.2, -0.15) is 4.99 Å². The van der Waals surface area contributed by atoms with Crippen LogP contribution in [-0.4, -0.2) is 41.0 Å². The lowest BCUT2D eigenvalue weighted by Gasteiger charge is -2.21. The number of thiocarbonyl (C=S) groups is 1. The average molecular weight is 441 g/mol. The highest BCUT2D eigenvalue weighted by Crippen LogP contribution is 2.26. The Balaban J connectivity index is 2.15. The Morgan fingerprint density at radius 2 is 1.81 bits per heavy atom. The number of rotatable bonds is 6. The minimum absolute atomic E-state index is 0.0213. The summed E-state index contributed by atoms with van der Waals surface area (Å²) in [7, 11) is 2.13. The molecule has 0 spiro atoms. The molecule has 0 radical (unpaired) electrons. The lowest BCUT2D eigenvalue weighted by molar-refractivity contribution is 0.357. The van der Waals surface area contributed by atoms with Crippen LogP contribution in [0, 0.1) is 20.8 Å². The van der Waals surface area contributed by atoms with Gasteiger partial charge in [0.25, 0.3) is 5.17 Å². The number of aryl methyl sites for hydroxylation is 3. The zero-order valence-corrected chi connectivity index (χ0v) is 21.0. The van der Waals surface area contributed by atoms with E-state index in [1.165, 1.54) is 16.7 Å². The van der Waals surface area contributed by atoms with Crippen molar-refractivity contribution < 1.29 is 4.74 Å². The zero-order valence-electron chi connectivity index (χ0n) is 20.2. The van der Waals surface area contributed by atoms with Crippen LogP contribution in [-0.2, 0) is 11.8 Å². The molecular weight excluding hydrogens is 404 g/mol. The lowest BCUT2D eigenvalue weighted by Crippen LogP contribution is -2.21. The summed E-state index contributed by atoms with van der Waals surface area (Å²) in [6, 6.07) is 6.13. The summed E-state index contributed by atoms with van der Waals surface area (Å²) < 4.78 is 5.85. The molecule has 0 atom stereocenters. The smallest absolute Gasteiger partial charge is 0.290 e. The highest BCUT2D eigenvalue weighted by atomic mass is 32.1. The van der Waals surface area contributed by atoms with E-state index in [9.17, 15) is 0 Å². The maximum atomic E-state index is 6.17. The molecule has 1 aromatic carbocycles. The molecule has 168 valence electrons. The third kappa shape index (κ3) is 6.84. The molecule has 0 aliphatic carbocycles. The molecule has 0 fully saturated rings. The van der Waals surface area contributed by atoms with E-state index in [-0.39, 0.29) is 16.4 Å². The third-order valence-corrected chi connectivity index (χ3v) is 5.70. The predicted octanol–water partition coefficient (Wildman–Crippen LogP) is 4.87. The van der Waals surface area contributed by atoms with Crippen LogP contribution < -0.4 is 10.5 Å². The average Bonchev–Trinajstić information content (AvgIpc) is 2.67. The van der Waals surface area contributed by atoms with E-state index in [1.807, 2.05) is 25.3 Å². The number of pyridine rings is 1. The molecule has 0 amide bonds. The Kier molecular flexibility index (Phi) is 8.32. The molecule has 2 aromatic rings. The number of hydrogen-bond acceptors (Lipinski definition) is 4. The topological polar surface area (TPSA) is 63.7 Å². The first-order valence-electron chi connectivity index (χ1n) is 10.7. The van der Waals surface area contributed by atoms with Gasteiger partial charge in [0, 0.05) is 12.7 Å². The van der Waals surface area contributed by atoms with Crippen LogP contribution in [0.5, 0.6) is 5.75 Å². The minimum Gasteiger partial charge on any atom is -0.430 e. The summed E-state index contributed by atoms with van der Waals surface area (Å²) in [5, 5.41) is 0.0813. The summed E-state index contributed by atoms with van der Waals surface area (Å²) in [5.74, 6) is 0.959. The van der Waals surface area contributed by atoms with Crippen LogP contribution in [0.1, 0.15) is 61.2 Å². The van der Waals surface area contributed by atoms with Gasteiger partial charge in [0.2, 0.25) is 0 Å². The molecule has 0 aliphatic heterocycles. The van der Waals surface area contributed by atoms with Gasteiger partial charge in [-0.1, -0.05) is 33.8 Å². The number of ether oxygens (including phenoxy) is 1. The molecule has 5 nitrogen and oxygen atoms in total. The number of aromatic nitrogens is 1. The Hall–Kier alpha value is -2.31. The fourth-order valence-corrected chi connectivity index (χ4v) is 3.64. The van der Waals surface area contributed by atoms with Crippen molar-refractivity contribution in [3.8, 4) is 5.75 Å². The zero-order chi connectivity index (χ0) is 23.3. The second-order valence-electron chi connectivity index (χ2n) is 9.19. The van der Waals surface area contributed by atoms with Crippen molar-refractivity contribution in [3.63, 3.8) is 0 Å². The van der Waals surface area contributed by atoms with Gasteiger partial charge in [0.05, 0.1) is 0 Å². The Morgan fingerprint density at radius 3 is 2.39 bits per heavy atom. The number of benzene rings is 1. The number of amidine groups is 1. The van der Waals surface area contributed by atoms with E-state index >= 15 is 0 Å². The van der Waals surface area contributed by atoms with E-state index < -0.39 is 0 Å². The summed E-state index contributed by atoms with van der Waals surface area (Å²) in [6.07, 6.45) is 2.86. The molecule has 0 bridgehead atoms. The molecule has 1 heterocycles. The second kappa shape index (κ2) is 10.3. The van der Waals surface area contributed by atoms with E-state index in [1.54, 1.807) is 0 Å². The number of hydrogen-bond donors (Lipinski definition) is 1. The Bertz CT molecular complexity index is 976. The Labute approximate surface area is 192 Å². The molecule has 0 unspecified atom stereocenters. The first-order chi connectivity index (χ1) is 14.4. The standard InChI is InChI=1S/C25H36N4OS/c1-9-29(8)11-10-19-12-18(4)22(14-16(19)2)30-24(31)28-23(26)21-13-17(3)20(15-27-21)25(5,6)7/h12-15H,9-11H2,1-8H3,(H2,26,28,31). The van der Waals surface area contributed by atoms with Gasteiger partial charge in [-0.25, -0.2) is 0 Å². The molecule has 2 rings (SSSR count). The molecule has 2 N–H and O–H groups in total. The van der Waals surface area contributed by atoms with Crippen LogP contribution in [0.2, 0.25) is 0 Å². The van der Waals surface area contributed by atoms with Crippen molar-refractivity contribution in [1.82, 2.24) is 9.88 Å². The molecule has 31 heavy (non-hydrogen) atoms. The molecular formula is C25H36N4OS. The lowest BCUT2D eigenvalue weighted by atomic mass is 9.85. The minimum atomic E-state index is 0.0213. The highest BCUT2D eigenvalue weighted by Gasteiger charge is 2.18. The number of nitrogens with two attached hydrogens (primary N) is 1. The second-order valence-corrected chi connectivity index (χ2v) is 9.54. The normalized spacial score (nSPS) is 12.4. The number of likely N-dealkylation sites (N-methyl/N-ethyl adjacent to an activating group) is 1. The van der Waals surface area contributed by atoms with Crippen LogP contribution in [0.3, 0.4) is 0 Å². The fourth-order valence-electron chi connectivity index (χ4n) is 3.45. The van der Waals surface area contributed by atoms with Gasteiger partial charge in [-0.3, -0.25) is 4.98 Å². The van der Waals surface area contributed by atoms with E-state index in [0.717, 1.165) is 30.6 Å². The van der Waals surface area contributed by atoms with Crippen molar-refractivity contribution in [2.45, 2.75) is 60.3 Å². The third-order valence-electron chi connectivity index (χ3n) is 5.53. The van der Waals surface area contributed by atoms with Gasteiger partial charge in [-0.15, -0.1) is 0 Å². The van der Waals surface area contributed by atoms with Crippen molar-refractivity contribution in [1.29, 1.82) is 0 Å². The maximum Gasteiger partial charge on any atom is 0.290 e. The van der Waals surface area contributed by atoms with E-state index in [2.05, 4.69) is 69.5 Å². The summed E-state index contributed by atoms with van der Waals surface area (Å²) >= 11 is 5.34. The summed E-state index contributed by atoms with van der Waals surface area (Å²) in [5.41, 5.74) is 12.6. The van der Waals surface area contributed by atoms with Crippen LogP contribution in [0.4, 0.5) is 0 Å². The fraction of sp³-hybridized carbons (Fsp3) is 0.480. The quantitative estimate of drug-likeness (QED) is 0.394. The van der Waals surface area contributed by atoms with Gasteiger partial charge in [0.15, 0.2) is 5.84 Å². The molecule has 0 saturated carbocycles. The summed E-state index contributed by atoms with van der Waals surface area (Å²) in [6.45, 7) is 16.9. The van der Waals surface area contributed by atoms with E-state index in [4.69, 9.17) is 22.7 Å². The van der Waals surface area contributed by atoms with Gasteiger partial charge >= 0.3 is 0 Å². The highest BCUT2D eigenvalue weighted by molar-refractivity contribution is 7.80. The first kappa shape index (κ1) is 25.0. The van der Waals surface area contributed by atoms with E-state index in [0.29, 0.717) is 11.4 Å². The van der Waals surface area contributed by atoms with Gasteiger partial charge in [0.1, 0.15) is 11.4 Å². The summed E-state index contributed by atoms with van der Waals surface area (Å²) in [4.78, 5) is 11.1. The van der Waals surface area contributed by atoms with Crippen molar-refractivity contribution >= 4 is 23.2 Å². The van der Waals surface area contributed by atoms with Crippen LogP contribution in [0.25, 0.3) is 0 Å². The monoisotopic (exact) mass is 440 g/mol. The molecule has 6 heteroatoms. The maximum absolute atomic E-state index is 6.17. The number of nitrogens with zero attached hydrogens (tertiary/aromatic N) is 3. The van der Waals surface area contributed by atoms with Crippen LogP contribution >= 0.6 is 12.2 Å². The van der Waals surface area contributed by atoms with Crippen molar-refractivity contribution in [2.75, 3.05) is 20.1 Å². The van der Waals surface area contributed by atoms with Gasteiger partial charge in [-0.05, 0) is 98.4 Å². The van der Waals surface area contributed by atoms with Crippen molar-refractivity contribution in [3.05, 3.63) is 57.9 Å². The number of aliphatic imine (C=N–C) groups is 1. The molecule has 1 aromatic heterocycles.